The second kappa shape index (κ2) is 8.99. The lowest BCUT2D eigenvalue weighted by atomic mass is 10.1. The molecule has 1 N–H and O–H groups in total. The highest BCUT2D eigenvalue weighted by atomic mass is 32.1. The van der Waals surface area contributed by atoms with Crippen molar-refractivity contribution < 1.29 is 32.3 Å². The normalized spacial score (nSPS) is 15.0. The van der Waals surface area contributed by atoms with Gasteiger partial charge in [0.2, 0.25) is 0 Å². The first kappa shape index (κ1) is 21.4. The minimum Gasteiger partial charge on any atom is -0.447 e. The highest BCUT2D eigenvalue weighted by Crippen LogP contribution is 2.31. The van der Waals surface area contributed by atoms with E-state index in [0.29, 0.717) is 22.1 Å². The van der Waals surface area contributed by atoms with Crippen molar-refractivity contribution in [1.82, 2.24) is 0 Å². The van der Waals surface area contributed by atoms with Gasteiger partial charge in [0.15, 0.2) is 5.71 Å². The van der Waals surface area contributed by atoms with E-state index < -0.39 is 29.5 Å². The number of alkyl halides is 3. The molecule has 158 valence electrons. The highest BCUT2D eigenvalue weighted by molar-refractivity contribution is 7.17. The largest absolute Gasteiger partial charge is 0.447 e. The molecular formula is C19H16F3N3O4S. The minimum absolute atomic E-state index is 0.0979. The van der Waals surface area contributed by atoms with E-state index in [1.807, 2.05) is 6.07 Å². The maximum absolute atomic E-state index is 12.9. The number of carbonyl (C=O) groups excluding carboxylic acids is 2. The number of halogens is 3. The van der Waals surface area contributed by atoms with E-state index in [2.05, 4.69) is 15.3 Å². The lowest BCUT2D eigenvalue weighted by Crippen LogP contribution is -2.24. The average molecular weight is 439 g/mol. The van der Waals surface area contributed by atoms with Gasteiger partial charge in [0.25, 0.3) is 0 Å². The van der Waals surface area contributed by atoms with Gasteiger partial charge in [0.05, 0.1) is 17.1 Å². The molecular weight excluding hydrogens is 423 g/mol. The molecule has 0 fully saturated rings. The summed E-state index contributed by atoms with van der Waals surface area (Å²) in [6.45, 7) is 0.455. The molecule has 30 heavy (non-hydrogen) atoms. The van der Waals surface area contributed by atoms with E-state index in [1.165, 1.54) is 11.3 Å². The number of thiophene rings is 1. The van der Waals surface area contributed by atoms with Crippen LogP contribution < -0.4 is 10.2 Å². The molecule has 0 unspecified atom stereocenters. The molecule has 0 radical (unpaired) electrons. The molecule has 0 spiro atoms. The number of nitrogens with one attached hydrogen (secondary N) is 1. The molecule has 1 aromatic carbocycles. The van der Waals surface area contributed by atoms with Gasteiger partial charge in [0, 0.05) is 17.6 Å². The monoisotopic (exact) mass is 439 g/mol. The molecule has 1 aliphatic rings. The van der Waals surface area contributed by atoms with Crippen LogP contribution in [0, 0.1) is 0 Å². The van der Waals surface area contributed by atoms with Gasteiger partial charge in [-0.3, -0.25) is 5.32 Å². The molecule has 0 saturated heterocycles. The number of para-hydroxylation sites is 1. The van der Waals surface area contributed by atoms with E-state index in [0.717, 1.165) is 6.08 Å². The molecule has 0 bridgehead atoms. The summed E-state index contributed by atoms with van der Waals surface area (Å²) in [6.07, 6.45) is -4.29. The fourth-order valence-corrected chi connectivity index (χ4v) is 3.38. The smallest absolute Gasteiger partial charge is 0.437 e. The van der Waals surface area contributed by atoms with Crippen molar-refractivity contribution in [2.75, 3.05) is 30.4 Å². The third kappa shape index (κ3) is 5.38. The summed E-state index contributed by atoms with van der Waals surface area (Å²) >= 11 is 1.17. The molecule has 11 heteroatoms. The van der Waals surface area contributed by atoms with Crippen LogP contribution in [0.25, 0.3) is 6.08 Å². The van der Waals surface area contributed by atoms with E-state index in [1.54, 1.807) is 48.3 Å². The number of nitrogens with zero attached hydrogens (tertiary/aromatic N) is 2. The van der Waals surface area contributed by atoms with Crippen LogP contribution in [0.1, 0.15) is 4.88 Å². The summed E-state index contributed by atoms with van der Waals surface area (Å²) in [5.74, 6) is -1.15. The van der Waals surface area contributed by atoms with E-state index in [4.69, 9.17) is 4.74 Å². The number of amides is 1. The van der Waals surface area contributed by atoms with Gasteiger partial charge in [0.1, 0.15) is 6.61 Å². The van der Waals surface area contributed by atoms with Crippen LogP contribution in [0.3, 0.4) is 0 Å². The first-order valence-electron chi connectivity index (χ1n) is 8.62. The van der Waals surface area contributed by atoms with Crippen LogP contribution in [0.4, 0.5) is 28.7 Å². The Hall–Kier alpha value is -3.34. The van der Waals surface area contributed by atoms with Gasteiger partial charge in [-0.25, -0.2) is 9.59 Å². The molecule has 1 amide bonds. The van der Waals surface area contributed by atoms with E-state index >= 15 is 0 Å². The van der Waals surface area contributed by atoms with Crippen LogP contribution in [0.2, 0.25) is 0 Å². The van der Waals surface area contributed by atoms with Crippen molar-refractivity contribution in [2.24, 2.45) is 5.16 Å². The molecule has 1 aromatic heterocycles. The molecule has 0 saturated carbocycles. The zero-order valence-corrected chi connectivity index (χ0v) is 16.4. The van der Waals surface area contributed by atoms with Gasteiger partial charge in [-0.15, -0.1) is 11.3 Å². The quantitative estimate of drug-likeness (QED) is 0.537. The Morgan fingerprint density at radius 3 is 2.70 bits per heavy atom. The van der Waals surface area contributed by atoms with Gasteiger partial charge < -0.3 is 14.5 Å². The summed E-state index contributed by atoms with van der Waals surface area (Å²) in [5.41, 5.74) is -1.38. The predicted molar refractivity (Wildman–Crippen MR) is 107 cm³/mol. The lowest BCUT2D eigenvalue weighted by Gasteiger charge is -2.16. The summed E-state index contributed by atoms with van der Waals surface area (Å²) in [4.78, 5) is 29.7. The van der Waals surface area contributed by atoms with Crippen LogP contribution in [-0.2, 0) is 14.4 Å². The van der Waals surface area contributed by atoms with Gasteiger partial charge in [-0.1, -0.05) is 23.4 Å². The molecule has 2 aromatic rings. The maximum Gasteiger partial charge on any atom is 0.437 e. The first-order chi connectivity index (χ1) is 14.2. The summed E-state index contributed by atoms with van der Waals surface area (Å²) in [7, 11) is 1.74. The summed E-state index contributed by atoms with van der Waals surface area (Å²) in [5, 5.41) is 6.11. The number of hydrogen-bond donors (Lipinski definition) is 1. The summed E-state index contributed by atoms with van der Waals surface area (Å²) in [6, 6.07) is 12.1. The van der Waals surface area contributed by atoms with Crippen molar-refractivity contribution in [3.63, 3.8) is 0 Å². The lowest BCUT2D eigenvalue weighted by molar-refractivity contribution is -0.136. The zero-order valence-electron chi connectivity index (χ0n) is 15.6. The number of rotatable bonds is 6. The third-order valence-corrected chi connectivity index (χ3v) is 5.07. The number of anilines is 2. The second-order valence-electron chi connectivity index (χ2n) is 6.10. The first-order valence-corrected chi connectivity index (χ1v) is 9.44. The molecule has 3 rings (SSSR count). The second-order valence-corrected chi connectivity index (χ2v) is 7.19. The predicted octanol–water partition coefficient (Wildman–Crippen LogP) is 4.29. The van der Waals surface area contributed by atoms with Crippen molar-refractivity contribution in [2.45, 2.75) is 6.18 Å². The Balaban J connectivity index is 1.55. The van der Waals surface area contributed by atoms with Crippen molar-refractivity contribution in [3.8, 4) is 0 Å². The average Bonchev–Trinajstić information content (AvgIpc) is 3.30. The standard InChI is InChI=1S/C19H16F3N3O4S/c1-25(9-10-28-18(27)23-12-5-3-2-4-6-12)15-8-7-13(30-15)11-14-16(19(20,21)22)24-29-17(14)26/h2-8,11H,9-10H2,1H3,(H,23,27). The number of hydrogen-bond acceptors (Lipinski definition) is 7. The molecule has 0 aliphatic carbocycles. The minimum atomic E-state index is -4.79. The fraction of sp³-hybridized carbons (Fsp3) is 0.211. The number of oxime groups is 1. The Morgan fingerprint density at radius 1 is 1.27 bits per heavy atom. The molecule has 0 atom stereocenters. The van der Waals surface area contributed by atoms with Crippen LogP contribution >= 0.6 is 11.3 Å². The highest BCUT2D eigenvalue weighted by Gasteiger charge is 2.45. The van der Waals surface area contributed by atoms with Crippen molar-refractivity contribution in [3.05, 3.63) is 52.9 Å². The molecule has 7 nitrogen and oxygen atoms in total. The topological polar surface area (TPSA) is 80.2 Å². The third-order valence-electron chi connectivity index (χ3n) is 3.92. The zero-order chi connectivity index (χ0) is 21.7. The number of likely N-dealkylation sites (N-methyl/N-ethyl adjacent to an activating group) is 1. The van der Waals surface area contributed by atoms with Crippen LogP contribution in [0.15, 0.2) is 53.2 Å². The number of carbonyl (C=O) groups is 2. The number of benzene rings is 1. The van der Waals surface area contributed by atoms with Crippen LogP contribution in [0.5, 0.6) is 0 Å². The summed E-state index contributed by atoms with van der Waals surface area (Å²) < 4.78 is 43.8. The molecule has 1 aliphatic heterocycles. The van der Waals surface area contributed by atoms with Crippen LogP contribution in [-0.4, -0.2) is 44.1 Å². The fourth-order valence-electron chi connectivity index (χ4n) is 2.44. The number of ether oxygens (including phenoxy) is 1. The Bertz CT molecular complexity index is 986. The van der Waals surface area contributed by atoms with E-state index in [-0.39, 0.29) is 6.61 Å². The van der Waals surface area contributed by atoms with Gasteiger partial charge >= 0.3 is 18.2 Å². The SMILES string of the molecule is CN(CCOC(=O)Nc1ccccc1)c1ccc(C=C2C(=O)ON=C2C(F)(F)F)s1. The van der Waals surface area contributed by atoms with Gasteiger partial charge in [-0.05, 0) is 30.3 Å². The Kier molecular flexibility index (Phi) is 6.40. The van der Waals surface area contributed by atoms with Crippen molar-refractivity contribution >= 4 is 45.9 Å². The molecule has 2 heterocycles. The Morgan fingerprint density at radius 2 is 2.00 bits per heavy atom. The van der Waals surface area contributed by atoms with Crippen molar-refractivity contribution in [1.29, 1.82) is 0 Å². The van der Waals surface area contributed by atoms with E-state index in [9.17, 15) is 22.8 Å². The maximum atomic E-state index is 12.9. The van der Waals surface area contributed by atoms with Gasteiger partial charge in [-0.2, -0.15) is 13.2 Å². The Labute approximate surface area is 173 Å².